The van der Waals surface area contributed by atoms with E-state index in [0.717, 1.165) is 133 Å². The molecule has 102 heavy (non-hydrogen) atoms. The second-order valence-electron chi connectivity index (χ2n) is 47.6. The van der Waals surface area contributed by atoms with Crippen LogP contribution in [0.3, 0.4) is 0 Å². The van der Waals surface area contributed by atoms with Crippen molar-refractivity contribution in [3.8, 4) is 0 Å². The fraction of sp³-hybridized carbons (Fsp3) is 1.00. The summed E-state index contributed by atoms with van der Waals surface area (Å²) in [6.07, 6.45) is -12.1. The summed E-state index contributed by atoms with van der Waals surface area (Å²) in [5.74, 6) is 0. The van der Waals surface area contributed by atoms with Gasteiger partial charge in [-0.15, -0.1) is 0 Å². The van der Waals surface area contributed by atoms with Crippen LogP contribution in [-0.2, 0) is 0 Å². The van der Waals surface area contributed by atoms with Gasteiger partial charge in [-0.25, -0.2) is 0 Å². The van der Waals surface area contributed by atoms with Crippen molar-refractivity contribution in [2.24, 2.45) is 0 Å². The van der Waals surface area contributed by atoms with Crippen LogP contribution in [0.2, 0.25) is 212 Å². The van der Waals surface area contributed by atoms with Crippen LogP contribution in [-0.4, -0.2) is 128 Å². The second-order valence-corrected chi connectivity index (χ2v) is 262. The molecule has 0 unspecified atom stereocenters. The molecule has 2 fully saturated rings. The summed E-state index contributed by atoms with van der Waals surface area (Å²) in [7, 11) is -22.7. The van der Waals surface area contributed by atoms with Gasteiger partial charge in [0, 0.05) is 128 Å². The molecule has 0 bridgehead atoms. The number of rotatable bonds is 36. The van der Waals surface area contributed by atoms with Gasteiger partial charge in [0.1, 0.15) is 0 Å². The van der Waals surface area contributed by atoms with E-state index in [0.29, 0.717) is 0 Å². The van der Waals surface area contributed by atoms with Gasteiger partial charge in [-0.05, 0) is 0 Å². The van der Waals surface area contributed by atoms with E-state index in [9.17, 15) is 0 Å². The summed E-state index contributed by atoms with van der Waals surface area (Å²) in [6.45, 7) is 178. The molecule has 2 aliphatic rings. The third-order valence-electron chi connectivity index (χ3n) is 41.7. The zero-order valence-electron chi connectivity index (χ0n) is 82.9. The molecule has 0 radical (unpaired) electrons. The van der Waals surface area contributed by atoms with Crippen LogP contribution in [0.15, 0.2) is 0 Å². The summed E-state index contributed by atoms with van der Waals surface area (Å²) in [5, 5.41) is 0. The second kappa shape index (κ2) is 33.5. The van der Waals surface area contributed by atoms with Crippen LogP contribution >= 0.6 is 0 Å². The van der Waals surface area contributed by atoms with Gasteiger partial charge in [0.05, 0.1) is 0 Å². The minimum atomic E-state index is -2.01. The van der Waals surface area contributed by atoms with E-state index in [-0.39, 0.29) is 0 Å². The van der Waals surface area contributed by atoms with Crippen LogP contribution in [0.4, 0.5) is 0 Å². The lowest BCUT2D eigenvalue weighted by Gasteiger charge is -2.64. The SMILES string of the molecule is CC(C)[Si](C)(C(C)C)[Si]1([Si](C)(C(C)C)C(C)C)[Si]([Si](C)(C(C)C)C(C)C)([Si](C)(C(C)C)C(C)C)[Si]1([Si](C)(C(C)C)C(C)C)[Si](C)(C(C)C)C(C)C.CC(C)[Si](C)(C(C)C)[Si]1([Si](C)(C(C)C)C(C)C)[Si]([Si](C)(C(C)C)C(C)C)([Si](C)(C(C)C)C(C)C)[Si]1([Si](C)(C(C)C)C(C)C)[Si](C)(C(C)C)C(C)C. The van der Waals surface area contributed by atoms with Crippen molar-refractivity contribution in [3.05, 3.63) is 0 Å². The van der Waals surface area contributed by atoms with Gasteiger partial charge < -0.3 is 0 Å². The van der Waals surface area contributed by atoms with E-state index in [1.807, 2.05) is 0 Å². The van der Waals surface area contributed by atoms with E-state index >= 15 is 0 Å². The van der Waals surface area contributed by atoms with Crippen LogP contribution in [0.1, 0.15) is 332 Å². The van der Waals surface area contributed by atoms with E-state index in [4.69, 9.17) is 0 Å². The zero-order valence-corrected chi connectivity index (χ0v) is 101. The summed E-state index contributed by atoms with van der Waals surface area (Å²) in [4.78, 5) is 0. The van der Waals surface area contributed by atoms with Crippen molar-refractivity contribution in [1.29, 1.82) is 0 Å². The highest BCUT2D eigenvalue weighted by atomic mass is 30.9. The van der Waals surface area contributed by atoms with Crippen LogP contribution in [0.25, 0.3) is 0 Å². The van der Waals surface area contributed by atoms with Crippen molar-refractivity contribution in [3.63, 3.8) is 0 Å². The molecule has 0 aromatic heterocycles. The zero-order chi connectivity index (χ0) is 82.9. The predicted molar refractivity (Wildman–Crippen MR) is 536 cm³/mol. The molecule has 0 N–H and O–H groups in total. The Labute approximate surface area is 665 Å². The third kappa shape index (κ3) is 11.8. The van der Waals surface area contributed by atoms with E-state index in [1.54, 1.807) is 0 Å². The van der Waals surface area contributed by atoms with Gasteiger partial charge in [-0.3, -0.25) is 0 Å². The standard InChI is InChI=1S/2C42H102Si9/c2*1-31(2)43(25,32(3)4)49(44(26,33(5)6)34(7)8)50(45(27,35(9)10)36(11)12,46(28,37(13)14)38(15)16)51(49,47(29,39(17)18)40(19)20)48(30,41(21)22)42(23)24/h2*31-42H,1-30H3. The van der Waals surface area contributed by atoms with Crippen molar-refractivity contribution in [2.45, 2.75) is 544 Å². The average molecular weight is 1720 g/mol. The first-order valence-electron chi connectivity index (χ1n) is 45.1. The lowest BCUT2D eigenvalue weighted by atomic mass is 10.5. The Balaban J connectivity index is 0.00000102. The van der Waals surface area contributed by atoms with Gasteiger partial charge in [0.2, 0.25) is 0 Å². The fourth-order valence-corrected chi connectivity index (χ4v) is 1460. The molecule has 0 aromatic carbocycles. The molecule has 2 saturated heterocycles. The Morgan fingerprint density at radius 2 is 0.118 bits per heavy atom. The van der Waals surface area contributed by atoms with Crippen molar-refractivity contribution in [1.82, 2.24) is 0 Å². The van der Waals surface area contributed by atoms with Crippen LogP contribution < -0.4 is 0 Å². The van der Waals surface area contributed by atoms with E-state index in [1.165, 1.54) is 0 Å². The van der Waals surface area contributed by atoms with Crippen molar-refractivity contribution in [2.75, 3.05) is 0 Å². The molecule has 0 saturated carbocycles. The maximum atomic E-state index is 3.27. The summed E-state index contributed by atoms with van der Waals surface area (Å²) >= 11 is 0. The van der Waals surface area contributed by atoms with Gasteiger partial charge in [-0.2, -0.15) is 0 Å². The Bertz CT molecular complexity index is 1940. The van der Waals surface area contributed by atoms with Crippen molar-refractivity contribution < 1.29 is 0 Å². The van der Waals surface area contributed by atoms with Gasteiger partial charge in [0.25, 0.3) is 0 Å². The molecule has 0 nitrogen and oxygen atoms in total. The molecule has 2 aliphatic heterocycles. The van der Waals surface area contributed by atoms with Gasteiger partial charge >= 0.3 is 0 Å². The number of hydrogen-bond donors (Lipinski definition) is 0. The highest BCUT2D eigenvalue weighted by molar-refractivity contribution is 8.63. The first kappa shape index (κ1) is 104. The molecular weight excluding hydrogens is 1510 g/mol. The van der Waals surface area contributed by atoms with E-state index < -0.39 is 128 Å². The predicted octanol–water partition coefficient (Wildman–Crippen LogP) is 32.9. The summed E-state index contributed by atoms with van der Waals surface area (Å²) in [6, 6.07) is 0. The van der Waals surface area contributed by atoms with Crippen molar-refractivity contribution >= 4 is 128 Å². The lowest BCUT2D eigenvalue weighted by Crippen LogP contribution is -2.87. The Hall–Kier alpha value is 3.90. The molecule has 0 spiro atoms. The quantitative estimate of drug-likeness (QED) is 0.0549. The van der Waals surface area contributed by atoms with Crippen LogP contribution in [0, 0.1) is 0 Å². The van der Waals surface area contributed by atoms with Crippen LogP contribution in [0.5, 0.6) is 0 Å². The highest BCUT2D eigenvalue weighted by Crippen LogP contribution is 2.86. The Morgan fingerprint density at radius 1 is 0.0882 bits per heavy atom. The molecule has 2 rings (SSSR count). The maximum Gasteiger partial charge on any atom is 0.0410 e. The molecule has 0 aliphatic carbocycles. The molecule has 0 aromatic rings. The molecule has 0 amide bonds. The molecule has 2 heterocycles. The topological polar surface area (TPSA) is 0 Å². The Kier molecular flexibility index (Phi) is 34.1. The fourth-order valence-electron chi connectivity index (χ4n) is 32.7. The summed E-state index contributed by atoms with van der Waals surface area (Å²) in [5.41, 5.74) is 21.7. The summed E-state index contributed by atoms with van der Waals surface area (Å²) < 4.78 is 0. The van der Waals surface area contributed by atoms with Gasteiger partial charge in [-0.1, -0.05) is 544 Å². The smallest absolute Gasteiger partial charge is 0.0410 e. The Morgan fingerprint density at radius 3 is 0.137 bits per heavy atom. The normalized spacial score (nSPS) is 19.4. The molecule has 18 heteroatoms. The molecule has 612 valence electrons. The minimum Gasteiger partial charge on any atom is -0.0713 e. The minimum absolute atomic E-state index is 0.903. The number of hydrogen-bond acceptors (Lipinski definition) is 0. The molecular formula is C84H204Si18. The lowest BCUT2D eigenvalue weighted by molar-refractivity contribution is 0.909. The maximum absolute atomic E-state index is 3.27. The first-order valence-corrected chi connectivity index (χ1v) is 107. The first-order chi connectivity index (χ1) is 45.1. The third-order valence-corrected chi connectivity index (χ3v) is 639. The largest absolute Gasteiger partial charge is 0.0713 e. The molecule has 0 atom stereocenters. The van der Waals surface area contributed by atoms with Gasteiger partial charge in [0.15, 0.2) is 0 Å². The highest BCUT2D eigenvalue weighted by Gasteiger charge is 3.12. The average Bonchev–Trinajstić information content (AvgIpc) is 1.38. The van der Waals surface area contributed by atoms with E-state index in [2.05, 4.69) is 411 Å². The monoisotopic (exact) mass is 1720 g/mol.